The molecule has 0 spiro atoms. The zero-order chi connectivity index (χ0) is 21.6. The van der Waals surface area contributed by atoms with E-state index in [0.29, 0.717) is 6.54 Å². The largest absolute Gasteiger partial charge is 0.508 e. The molecule has 1 amide bonds. The van der Waals surface area contributed by atoms with Gasteiger partial charge in [0.25, 0.3) is 11.5 Å². The van der Waals surface area contributed by atoms with Crippen LogP contribution in [-0.4, -0.2) is 34.7 Å². The summed E-state index contributed by atoms with van der Waals surface area (Å²) in [5, 5.41) is 12.0. The average Bonchev–Trinajstić information content (AvgIpc) is 2.71. The van der Waals surface area contributed by atoms with Crippen LogP contribution in [0.25, 0.3) is 0 Å². The normalized spacial score (nSPS) is 11.7. The second kappa shape index (κ2) is 9.91. The van der Waals surface area contributed by atoms with Gasteiger partial charge in [-0.05, 0) is 49.6 Å². The van der Waals surface area contributed by atoms with E-state index in [-0.39, 0.29) is 23.3 Å². The van der Waals surface area contributed by atoms with Crippen molar-refractivity contribution in [3.63, 3.8) is 0 Å². The van der Waals surface area contributed by atoms with Crippen LogP contribution < -0.4 is 10.9 Å². The van der Waals surface area contributed by atoms with Crippen molar-refractivity contribution < 1.29 is 19.4 Å². The van der Waals surface area contributed by atoms with E-state index in [4.69, 9.17) is 4.74 Å². The number of benzene rings is 1. The fraction of sp³-hybridized carbons (Fsp3) is 0.409. The van der Waals surface area contributed by atoms with Crippen molar-refractivity contribution in [2.75, 3.05) is 7.11 Å². The average molecular weight is 400 g/mol. The van der Waals surface area contributed by atoms with Crippen LogP contribution in [0.3, 0.4) is 0 Å². The molecule has 2 aromatic rings. The molecule has 1 heterocycles. The number of hydrogen-bond donors (Lipinski definition) is 2. The zero-order valence-electron chi connectivity index (χ0n) is 17.3. The predicted molar refractivity (Wildman–Crippen MR) is 110 cm³/mol. The number of esters is 1. The molecule has 29 heavy (non-hydrogen) atoms. The third-order valence-corrected chi connectivity index (χ3v) is 4.96. The Labute approximate surface area is 170 Å². The summed E-state index contributed by atoms with van der Waals surface area (Å²) in [7, 11) is 1.24. The third kappa shape index (κ3) is 5.47. The number of nitrogens with zero attached hydrogens (tertiary/aromatic N) is 1. The van der Waals surface area contributed by atoms with Crippen LogP contribution in [0, 0.1) is 13.8 Å². The first-order valence-corrected chi connectivity index (χ1v) is 9.66. The van der Waals surface area contributed by atoms with Crippen molar-refractivity contribution in [3.8, 4) is 5.75 Å². The van der Waals surface area contributed by atoms with E-state index < -0.39 is 17.9 Å². The molecule has 0 aliphatic rings. The van der Waals surface area contributed by atoms with Gasteiger partial charge in [-0.1, -0.05) is 25.5 Å². The second-order valence-electron chi connectivity index (χ2n) is 7.06. The van der Waals surface area contributed by atoms with Gasteiger partial charge in [-0.15, -0.1) is 0 Å². The minimum Gasteiger partial charge on any atom is -0.508 e. The van der Waals surface area contributed by atoms with E-state index in [1.54, 1.807) is 22.8 Å². The lowest BCUT2D eigenvalue weighted by molar-refractivity contribution is -0.142. The third-order valence-electron chi connectivity index (χ3n) is 4.96. The molecule has 0 unspecified atom stereocenters. The first-order chi connectivity index (χ1) is 13.8. The zero-order valence-corrected chi connectivity index (χ0v) is 17.3. The molecule has 0 bridgehead atoms. The summed E-state index contributed by atoms with van der Waals surface area (Å²) >= 11 is 0. The molecule has 7 heteroatoms. The van der Waals surface area contributed by atoms with E-state index >= 15 is 0 Å². The van der Waals surface area contributed by atoms with Gasteiger partial charge < -0.3 is 19.7 Å². The molecular formula is C22H28N2O5. The highest BCUT2D eigenvalue weighted by Crippen LogP contribution is 2.13. The van der Waals surface area contributed by atoms with Crippen LogP contribution in [0.4, 0.5) is 0 Å². The lowest BCUT2D eigenvalue weighted by Crippen LogP contribution is -2.45. The molecule has 0 aliphatic heterocycles. The van der Waals surface area contributed by atoms with Gasteiger partial charge in [0, 0.05) is 18.7 Å². The molecule has 0 saturated carbocycles. The summed E-state index contributed by atoms with van der Waals surface area (Å²) in [4.78, 5) is 37.9. The molecule has 2 rings (SSSR count). The number of nitrogens with one attached hydrogen (secondary N) is 1. The standard InChI is InChI=1S/C22H28N2O5/c1-5-6-11-24-15(3)14(2)12-18(21(24)27)20(26)23-19(22(28)29-4)13-16-7-9-17(25)10-8-16/h7-10,12,19,25H,5-6,11,13H2,1-4H3,(H,23,26)/t19-/m0/s1. The summed E-state index contributed by atoms with van der Waals surface area (Å²) in [6.45, 7) is 6.28. The van der Waals surface area contributed by atoms with Crippen LogP contribution in [0.2, 0.25) is 0 Å². The number of aromatic nitrogens is 1. The number of aryl methyl sites for hydroxylation is 1. The number of phenolic OH excluding ortho intramolecular Hbond substituents is 1. The van der Waals surface area contributed by atoms with Crippen LogP contribution in [0.15, 0.2) is 35.1 Å². The molecule has 1 aromatic heterocycles. The number of aromatic hydroxyl groups is 1. The number of carbonyl (C=O) groups excluding carboxylic acids is 2. The molecular weight excluding hydrogens is 372 g/mol. The summed E-state index contributed by atoms with van der Waals surface area (Å²) in [5.74, 6) is -1.12. The number of amides is 1. The maximum absolute atomic E-state index is 12.9. The molecule has 7 nitrogen and oxygen atoms in total. The molecule has 0 aliphatic carbocycles. The number of unbranched alkanes of at least 4 members (excludes halogenated alkanes) is 1. The highest BCUT2D eigenvalue weighted by molar-refractivity contribution is 5.96. The van der Waals surface area contributed by atoms with Gasteiger partial charge in [0.1, 0.15) is 17.4 Å². The molecule has 0 fully saturated rings. The Morgan fingerprint density at radius 1 is 1.21 bits per heavy atom. The molecule has 0 saturated heterocycles. The Hall–Kier alpha value is -3.09. The van der Waals surface area contributed by atoms with Gasteiger partial charge in [0.05, 0.1) is 7.11 Å². The Kier molecular flexibility index (Phi) is 7.59. The van der Waals surface area contributed by atoms with E-state index in [1.165, 1.54) is 19.2 Å². The number of methoxy groups -OCH3 is 1. The summed E-state index contributed by atoms with van der Waals surface area (Å²) < 4.78 is 6.42. The van der Waals surface area contributed by atoms with Crippen LogP contribution in [0.1, 0.15) is 46.9 Å². The van der Waals surface area contributed by atoms with Gasteiger partial charge in [-0.25, -0.2) is 4.79 Å². The smallest absolute Gasteiger partial charge is 0.328 e. The maximum atomic E-state index is 12.9. The summed E-state index contributed by atoms with van der Waals surface area (Å²) in [5.41, 5.74) is 2.03. The van der Waals surface area contributed by atoms with Crippen LogP contribution >= 0.6 is 0 Å². The Morgan fingerprint density at radius 3 is 2.45 bits per heavy atom. The summed E-state index contributed by atoms with van der Waals surface area (Å²) in [6, 6.07) is 6.92. The van der Waals surface area contributed by atoms with Gasteiger partial charge in [-0.3, -0.25) is 9.59 Å². The van der Waals surface area contributed by atoms with E-state index in [1.807, 2.05) is 20.8 Å². The predicted octanol–water partition coefficient (Wildman–Crippen LogP) is 2.48. The van der Waals surface area contributed by atoms with Crippen molar-refractivity contribution in [2.24, 2.45) is 0 Å². The molecule has 156 valence electrons. The molecule has 1 aromatic carbocycles. The van der Waals surface area contributed by atoms with Crippen molar-refractivity contribution in [2.45, 2.75) is 52.6 Å². The molecule has 1 atom stereocenters. The van der Waals surface area contributed by atoms with E-state index in [2.05, 4.69) is 5.32 Å². The SMILES string of the molecule is CCCCn1c(C)c(C)cc(C(=O)N[C@@H](Cc2ccc(O)cc2)C(=O)OC)c1=O. The van der Waals surface area contributed by atoms with Gasteiger partial charge >= 0.3 is 5.97 Å². The number of phenols is 1. The Morgan fingerprint density at radius 2 is 1.86 bits per heavy atom. The van der Waals surface area contributed by atoms with E-state index in [9.17, 15) is 19.5 Å². The Bertz CT molecular complexity index is 931. The number of ether oxygens (including phenoxy) is 1. The quantitative estimate of drug-likeness (QED) is 0.664. The van der Waals surface area contributed by atoms with Gasteiger partial charge in [0.15, 0.2) is 0 Å². The lowest BCUT2D eigenvalue weighted by Gasteiger charge is -2.18. The lowest BCUT2D eigenvalue weighted by atomic mass is 10.0. The molecule has 0 radical (unpaired) electrons. The van der Waals surface area contributed by atoms with Crippen molar-refractivity contribution in [1.29, 1.82) is 0 Å². The molecule has 2 N–H and O–H groups in total. The van der Waals surface area contributed by atoms with Crippen molar-refractivity contribution >= 4 is 11.9 Å². The first kappa shape index (κ1) is 22.2. The minimum absolute atomic E-state index is 0.00353. The van der Waals surface area contributed by atoms with Gasteiger partial charge in [-0.2, -0.15) is 0 Å². The van der Waals surface area contributed by atoms with Crippen molar-refractivity contribution in [1.82, 2.24) is 9.88 Å². The highest BCUT2D eigenvalue weighted by Gasteiger charge is 2.25. The Balaban J connectivity index is 2.31. The summed E-state index contributed by atoms with van der Waals surface area (Å²) in [6.07, 6.45) is 1.93. The number of rotatable bonds is 8. The fourth-order valence-electron chi connectivity index (χ4n) is 3.08. The number of hydrogen-bond acceptors (Lipinski definition) is 5. The highest BCUT2D eigenvalue weighted by atomic mass is 16.5. The monoisotopic (exact) mass is 400 g/mol. The van der Waals surface area contributed by atoms with Crippen LogP contribution in [-0.2, 0) is 22.5 Å². The number of carbonyl (C=O) groups is 2. The maximum Gasteiger partial charge on any atom is 0.328 e. The van der Waals surface area contributed by atoms with Crippen molar-refractivity contribution in [3.05, 3.63) is 63.1 Å². The van der Waals surface area contributed by atoms with Gasteiger partial charge in [0.2, 0.25) is 0 Å². The second-order valence-corrected chi connectivity index (χ2v) is 7.06. The minimum atomic E-state index is -0.956. The van der Waals surface area contributed by atoms with E-state index in [0.717, 1.165) is 29.7 Å². The van der Waals surface area contributed by atoms with Crippen LogP contribution in [0.5, 0.6) is 5.75 Å². The fourth-order valence-corrected chi connectivity index (χ4v) is 3.08. The topological polar surface area (TPSA) is 97.6 Å². The number of pyridine rings is 1. The first-order valence-electron chi connectivity index (χ1n) is 9.66.